The Morgan fingerprint density at radius 1 is 1.14 bits per heavy atom. The standard InChI is InChI=1S/C13H11N3O3S2/c1-8-7-20-13(14-8)11-15-12(19-16-11)9-3-5-10(6-4-9)21(2,17)18/h3-7H,1-2H3. The minimum absolute atomic E-state index is 0.251. The van der Waals surface area contributed by atoms with Crippen molar-refractivity contribution in [1.29, 1.82) is 0 Å². The van der Waals surface area contributed by atoms with Crippen LogP contribution >= 0.6 is 11.3 Å². The van der Waals surface area contributed by atoms with Crippen LogP contribution in [0, 0.1) is 6.92 Å². The molecule has 0 amide bonds. The summed E-state index contributed by atoms with van der Waals surface area (Å²) in [5.74, 6) is 0.758. The first-order chi connectivity index (χ1) is 9.93. The van der Waals surface area contributed by atoms with Gasteiger partial charge in [-0.3, -0.25) is 0 Å². The third-order valence-electron chi connectivity index (χ3n) is 2.77. The predicted octanol–water partition coefficient (Wildman–Crippen LogP) is 2.57. The molecule has 6 nitrogen and oxygen atoms in total. The molecule has 0 bridgehead atoms. The van der Waals surface area contributed by atoms with Crippen LogP contribution in [0.25, 0.3) is 22.3 Å². The summed E-state index contributed by atoms with van der Waals surface area (Å²) in [6.45, 7) is 1.89. The normalized spacial score (nSPS) is 11.7. The largest absolute Gasteiger partial charge is 0.334 e. The molecule has 21 heavy (non-hydrogen) atoms. The first-order valence-corrected chi connectivity index (χ1v) is 8.77. The fraction of sp³-hybridized carbons (Fsp3) is 0.154. The van der Waals surface area contributed by atoms with Gasteiger partial charge in [-0.2, -0.15) is 4.98 Å². The Kier molecular flexibility index (Phi) is 3.34. The van der Waals surface area contributed by atoms with E-state index in [4.69, 9.17) is 4.52 Å². The van der Waals surface area contributed by atoms with E-state index in [-0.39, 0.29) is 4.90 Å². The lowest BCUT2D eigenvalue weighted by Crippen LogP contribution is -1.96. The Bertz CT molecular complexity index is 880. The van der Waals surface area contributed by atoms with E-state index in [1.165, 1.54) is 23.5 Å². The Hall–Kier alpha value is -2.06. The summed E-state index contributed by atoms with van der Waals surface area (Å²) in [4.78, 5) is 8.82. The zero-order valence-electron chi connectivity index (χ0n) is 11.3. The van der Waals surface area contributed by atoms with E-state index in [2.05, 4.69) is 15.1 Å². The molecule has 0 N–H and O–H groups in total. The second kappa shape index (κ2) is 5.05. The van der Waals surface area contributed by atoms with Crippen LogP contribution in [0.3, 0.4) is 0 Å². The number of nitrogens with zero attached hydrogens (tertiary/aromatic N) is 3. The van der Waals surface area contributed by atoms with Crippen molar-refractivity contribution in [1.82, 2.24) is 15.1 Å². The van der Waals surface area contributed by atoms with Gasteiger partial charge in [0.05, 0.1) is 4.90 Å². The van der Waals surface area contributed by atoms with Crippen molar-refractivity contribution in [3.8, 4) is 22.3 Å². The Balaban J connectivity index is 1.93. The van der Waals surface area contributed by atoms with Gasteiger partial charge in [0.1, 0.15) is 0 Å². The molecule has 0 fully saturated rings. The fourth-order valence-corrected chi connectivity index (χ4v) is 3.08. The van der Waals surface area contributed by atoms with Gasteiger partial charge in [0.2, 0.25) is 5.82 Å². The van der Waals surface area contributed by atoms with Crippen molar-refractivity contribution in [3.63, 3.8) is 0 Å². The van der Waals surface area contributed by atoms with E-state index in [0.29, 0.717) is 22.3 Å². The lowest BCUT2D eigenvalue weighted by atomic mass is 10.2. The first-order valence-electron chi connectivity index (χ1n) is 6.00. The summed E-state index contributed by atoms with van der Waals surface area (Å²) < 4.78 is 28.0. The highest BCUT2D eigenvalue weighted by Gasteiger charge is 2.14. The number of hydrogen-bond donors (Lipinski definition) is 0. The second-order valence-corrected chi connectivity index (χ2v) is 7.39. The Morgan fingerprint density at radius 3 is 2.43 bits per heavy atom. The Labute approximate surface area is 125 Å². The molecule has 2 aromatic heterocycles. The molecule has 1 aromatic carbocycles. The summed E-state index contributed by atoms with van der Waals surface area (Å²) in [5, 5.41) is 6.49. The highest BCUT2D eigenvalue weighted by atomic mass is 32.2. The van der Waals surface area contributed by atoms with Gasteiger partial charge < -0.3 is 4.52 Å². The topological polar surface area (TPSA) is 86.0 Å². The van der Waals surface area contributed by atoms with Gasteiger partial charge in [-0.1, -0.05) is 5.16 Å². The van der Waals surface area contributed by atoms with E-state index in [9.17, 15) is 8.42 Å². The van der Waals surface area contributed by atoms with Crippen molar-refractivity contribution in [2.75, 3.05) is 6.26 Å². The number of hydrogen-bond acceptors (Lipinski definition) is 7. The molecule has 0 unspecified atom stereocenters. The molecule has 3 rings (SSSR count). The summed E-state index contributed by atoms with van der Waals surface area (Å²) in [5.41, 5.74) is 1.56. The average Bonchev–Trinajstić information content (AvgIpc) is 3.06. The fourth-order valence-electron chi connectivity index (χ4n) is 1.73. The molecule has 0 saturated carbocycles. The molecule has 0 aliphatic rings. The number of aryl methyl sites for hydroxylation is 1. The van der Waals surface area contributed by atoms with Crippen molar-refractivity contribution in [2.45, 2.75) is 11.8 Å². The van der Waals surface area contributed by atoms with Crippen molar-refractivity contribution in [3.05, 3.63) is 35.3 Å². The van der Waals surface area contributed by atoms with Crippen molar-refractivity contribution in [2.24, 2.45) is 0 Å². The Morgan fingerprint density at radius 2 is 1.86 bits per heavy atom. The lowest BCUT2D eigenvalue weighted by molar-refractivity contribution is 0.432. The van der Waals surface area contributed by atoms with Crippen LogP contribution in [-0.2, 0) is 9.84 Å². The number of benzene rings is 1. The van der Waals surface area contributed by atoms with Crippen LogP contribution in [0.4, 0.5) is 0 Å². The van der Waals surface area contributed by atoms with E-state index < -0.39 is 9.84 Å². The van der Waals surface area contributed by atoms with Gasteiger partial charge in [0.25, 0.3) is 5.89 Å². The monoisotopic (exact) mass is 321 g/mol. The number of sulfone groups is 1. The van der Waals surface area contributed by atoms with Crippen LogP contribution < -0.4 is 0 Å². The average molecular weight is 321 g/mol. The van der Waals surface area contributed by atoms with E-state index in [1.807, 2.05) is 12.3 Å². The number of aromatic nitrogens is 3. The molecular weight excluding hydrogens is 310 g/mol. The molecule has 0 aliphatic heterocycles. The third-order valence-corrected chi connectivity index (χ3v) is 4.85. The molecule has 0 spiro atoms. The maximum atomic E-state index is 11.4. The minimum Gasteiger partial charge on any atom is -0.334 e. The molecule has 0 atom stereocenters. The quantitative estimate of drug-likeness (QED) is 0.737. The predicted molar refractivity (Wildman–Crippen MR) is 78.7 cm³/mol. The molecule has 2 heterocycles. The molecular formula is C13H11N3O3S2. The van der Waals surface area contributed by atoms with Crippen LogP contribution in [0.2, 0.25) is 0 Å². The minimum atomic E-state index is -3.21. The molecule has 3 aromatic rings. The zero-order valence-corrected chi connectivity index (χ0v) is 12.9. The maximum absolute atomic E-state index is 11.4. The summed E-state index contributed by atoms with van der Waals surface area (Å²) in [7, 11) is -3.21. The molecule has 108 valence electrons. The van der Waals surface area contributed by atoms with E-state index in [0.717, 1.165) is 11.9 Å². The summed E-state index contributed by atoms with van der Waals surface area (Å²) in [6.07, 6.45) is 1.16. The van der Waals surface area contributed by atoms with Gasteiger partial charge in [0.15, 0.2) is 14.8 Å². The van der Waals surface area contributed by atoms with Crippen molar-refractivity contribution >= 4 is 21.2 Å². The van der Waals surface area contributed by atoms with Gasteiger partial charge >= 0.3 is 0 Å². The SMILES string of the molecule is Cc1csc(-c2noc(-c3ccc(S(C)(=O)=O)cc3)n2)n1. The molecule has 0 saturated heterocycles. The summed E-state index contributed by atoms with van der Waals surface area (Å²) in [6, 6.07) is 6.31. The molecule has 8 heteroatoms. The van der Waals surface area contributed by atoms with Crippen LogP contribution in [0.15, 0.2) is 39.1 Å². The molecule has 0 aliphatic carbocycles. The van der Waals surface area contributed by atoms with Crippen LogP contribution in [0.5, 0.6) is 0 Å². The van der Waals surface area contributed by atoms with Crippen molar-refractivity contribution < 1.29 is 12.9 Å². The second-order valence-electron chi connectivity index (χ2n) is 4.51. The van der Waals surface area contributed by atoms with E-state index in [1.54, 1.807) is 12.1 Å². The van der Waals surface area contributed by atoms with Gasteiger partial charge in [-0.05, 0) is 31.2 Å². The van der Waals surface area contributed by atoms with E-state index >= 15 is 0 Å². The van der Waals surface area contributed by atoms with Gasteiger partial charge in [0, 0.05) is 22.9 Å². The van der Waals surface area contributed by atoms with Gasteiger partial charge in [-0.25, -0.2) is 13.4 Å². The smallest absolute Gasteiger partial charge is 0.258 e. The lowest BCUT2D eigenvalue weighted by Gasteiger charge is -1.98. The third kappa shape index (κ3) is 2.86. The first kappa shape index (κ1) is 13.9. The highest BCUT2D eigenvalue weighted by Crippen LogP contribution is 2.25. The molecule has 0 radical (unpaired) electrons. The summed E-state index contributed by atoms with van der Waals surface area (Å²) >= 11 is 1.44. The van der Waals surface area contributed by atoms with Crippen LogP contribution in [0.1, 0.15) is 5.69 Å². The number of thiazole rings is 1. The van der Waals surface area contributed by atoms with Gasteiger partial charge in [-0.15, -0.1) is 11.3 Å². The maximum Gasteiger partial charge on any atom is 0.258 e. The van der Waals surface area contributed by atoms with Crippen LogP contribution in [-0.4, -0.2) is 29.8 Å². The zero-order chi connectivity index (χ0) is 15.0. The number of rotatable bonds is 3. The highest BCUT2D eigenvalue weighted by molar-refractivity contribution is 7.90.